The Labute approximate surface area is 303 Å². The summed E-state index contributed by atoms with van der Waals surface area (Å²) in [4.78, 5) is 41.7. The highest BCUT2D eigenvalue weighted by atomic mass is 16.5. The van der Waals surface area contributed by atoms with Crippen LogP contribution in [0.25, 0.3) is 21.9 Å². The minimum absolute atomic E-state index is 0.0176. The Morgan fingerprint density at radius 1 is 0.577 bits per heavy atom. The van der Waals surface area contributed by atoms with Crippen LogP contribution >= 0.6 is 0 Å². The molecule has 0 saturated heterocycles. The zero-order chi connectivity index (χ0) is 36.1. The first-order valence-electron chi connectivity index (χ1n) is 17.2. The average molecular weight is 693 g/mol. The lowest BCUT2D eigenvalue weighted by Gasteiger charge is -2.27. The van der Waals surface area contributed by atoms with E-state index in [-0.39, 0.29) is 32.7 Å². The number of fused-ring (bicyclic) bond motifs is 1. The van der Waals surface area contributed by atoms with Gasteiger partial charge in [0.25, 0.3) is 0 Å². The van der Waals surface area contributed by atoms with Crippen LogP contribution in [-0.4, -0.2) is 46.7 Å². The molecule has 0 bridgehead atoms. The van der Waals surface area contributed by atoms with Crippen LogP contribution in [0.15, 0.2) is 158 Å². The van der Waals surface area contributed by atoms with Crippen molar-refractivity contribution in [2.24, 2.45) is 0 Å². The molecule has 1 unspecified atom stereocenters. The fraction of sp³-hybridized carbons (Fsp3) is 0.159. The standard InChI is InChI=1S/C44H40N2O6/c47-41(43(49)52-31-35-17-8-3-9-18-35)29-46(28-33-13-4-1-5-14-33)44(50)45-40(42(48)51-30-34-15-6-2-7-16-34)27-32-23-25-37(26-24-32)39-22-12-20-36-19-10-11-21-38(36)39/h1-26,40-41,47H,27-31H2,(H,45,50)/t40-,41?/m0/s1. The van der Waals surface area contributed by atoms with Crippen LogP contribution in [0.2, 0.25) is 0 Å². The van der Waals surface area contributed by atoms with Gasteiger partial charge in [0.2, 0.25) is 0 Å². The maximum absolute atomic E-state index is 14.0. The molecule has 0 spiro atoms. The number of hydrogen-bond donors (Lipinski definition) is 2. The third kappa shape index (κ3) is 9.71. The Kier molecular flexibility index (Phi) is 12.0. The number of urea groups is 1. The second-order valence-corrected chi connectivity index (χ2v) is 12.5. The summed E-state index contributed by atoms with van der Waals surface area (Å²) in [6.45, 7) is -0.275. The van der Waals surface area contributed by atoms with E-state index in [2.05, 4.69) is 29.6 Å². The number of carbonyl (C=O) groups excluding carboxylic acids is 3. The molecular weight excluding hydrogens is 652 g/mol. The van der Waals surface area contributed by atoms with Gasteiger partial charge in [-0.05, 0) is 44.2 Å². The molecule has 6 aromatic carbocycles. The van der Waals surface area contributed by atoms with Gasteiger partial charge in [0.15, 0.2) is 6.10 Å². The first-order chi connectivity index (χ1) is 25.4. The normalized spacial score (nSPS) is 12.0. The molecule has 0 aliphatic heterocycles. The van der Waals surface area contributed by atoms with Crippen LogP contribution in [-0.2, 0) is 45.2 Å². The molecule has 2 amide bonds. The number of benzene rings is 6. The molecule has 0 radical (unpaired) electrons. The van der Waals surface area contributed by atoms with Gasteiger partial charge in [-0.25, -0.2) is 14.4 Å². The lowest BCUT2D eigenvalue weighted by atomic mass is 9.96. The fourth-order valence-corrected chi connectivity index (χ4v) is 5.93. The van der Waals surface area contributed by atoms with Crippen molar-refractivity contribution in [3.63, 3.8) is 0 Å². The van der Waals surface area contributed by atoms with Gasteiger partial charge >= 0.3 is 18.0 Å². The summed E-state index contributed by atoms with van der Waals surface area (Å²) in [5, 5.41) is 16.0. The van der Waals surface area contributed by atoms with E-state index in [0.717, 1.165) is 44.2 Å². The predicted octanol–water partition coefficient (Wildman–Crippen LogP) is 7.48. The number of aliphatic hydroxyl groups excluding tert-OH is 1. The molecule has 2 N–H and O–H groups in total. The molecule has 6 rings (SSSR count). The second-order valence-electron chi connectivity index (χ2n) is 12.5. The minimum Gasteiger partial charge on any atom is -0.459 e. The largest absolute Gasteiger partial charge is 0.459 e. The van der Waals surface area contributed by atoms with Crippen LogP contribution in [0.3, 0.4) is 0 Å². The van der Waals surface area contributed by atoms with E-state index in [1.165, 1.54) is 4.90 Å². The van der Waals surface area contributed by atoms with Gasteiger partial charge in [-0.1, -0.05) is 158 Å². The summed E-state index contributed by atoms with van der Waals surface area (Å²) in [6.07, 6.45) is -1.47. The lowest BCUT2D eigenvalue weighted by Crippen LogP contribution is -2.51. The number of nitrogens with one attached hydrogen (secondary N) is 1. The Balaban J connectivity index is 1.20. The first kappa shape index (κ1) is 35.6. The zero-order valence-corrected chi connectivity index (χ0v) is 28.6. The number of ether oxygens (including phenoxy) is 2. The molecule has 52 heavy (non-hydrogen) atoms. The Morgan fingerprint density at radius 2 is 1.12 bits per heavy atom. The highest BCUT2D eigenvalue weighted by molar-refractivity contribution is 5.96. The van der Waals surface area contributed by atoms with E-state index >= 15 is 0 Å². The van der Waals surface area contributed by atoms with Gasteiger partial charge in [-0.15, -0.1) is 0 Å². The molecule has 262 valence electrons. The highest BCUT2D eigenvalue weighted by Gasteiger charge is 2.29. The smallest absolute Gasteiger partial charge is 0.337 e. The van der Waals surface area contributed by atoms with Gasteiger partial charge in [-0.2, -0.15) is 0 Å². The van der Waals surface area contributed by atoms with Gasteiger partial charge in [0.1, 0.15) is 19.3 Å². The van der Waals surface area contributed by atoms with E-state index < -0.39 is 30.1 Å². The van der Waals surface area contributed by atoms with Crippen LogP contribution < -0.4 is 5.32 Å². The van der Waals surface area contributed by atoms with E-state index in [1.807, 2.05) is 133 Å². The molecule has 2 atom stereocenters. The Morgan fingerprint density at radius 3 is 1.75 bits per heavy atom. The van der Waals surface area contributed by atoms with Crippen LogP contribution in [0, 0.1) is 0 Å². The summed E-state index contributed by atoms with van der Waals surface area (Å²) in [7, 11) is 0. The number of nitrogens with zero attached hydrogens (tertiary/aromatic N) is 1. The molecule has 0 aliphatic rings. The number of hydrogen-bond acceptors (Lipinski definition) is 6. The number of rotatable bonds is 14. The Hall–Kier alpha value is -6.25. The first-order valence-corrected chi connectivity index (χ1v) is 17.2. The van der Waals surface area contributed by atoms with Crippen molar-refractivity contribution in [1.29, 1.82) is 0 Å². The van der Waals surface area contributed by atoms with Crippen molar-refractivity contribution in [3.05, 3.63) is 180 Å². The molecule has 6 aromatic rings. The molecule has 8 nitrogen and oxygen atoms in total. The summed E-state index contributed by atoms with van der Waals surface area (Å²) in [5.74, 6) is -1.47. The number of aliphatic hydroxyl groups is 1. The van der Waals surface area contributed by atoms with Crippen molar-refractivity contribution >= 4 is 28.7 Å². The average Bonchev–Trinajstić information content (AvgIpc) is 3.19. The molecular formula is C44H40N2O6. The second kappa shape index (κ2) is 17.6. The van der Waals surface area contributed by atoms with Crippen molar-refractivity contribution < 1.29 is 29.0 Å². The van der Waals surface area contributed by atoms with E-state index in [9.17, 15) is 19.5 Å². The third-order valence-electron chi connectivity index (χ3n) is 8.69. The van der Waals surface area contributed by atoms with Crippen LogP contribution in [0.4, 0.5) is 4.79 Å². The maximum atomic E-state index is 14.0. The zero-order valence-electron chi connectivity index (χ0n) is 28.6. The minimum atomic E-state index is -1.62. The van der Waals surface area contributed by atoms with Crippen molar-refractivity contribution in [2.45, 2.75) is 38.3 Å². The molecule has 0 aliphatic carbocycles. The molecule has 0 fully saturated rings. The molecule has 0 aromatic heterocycles. The monoisotopic (exact) mass is 692 g/mol. The van der Waals surface area contributed by atoms with E-state index in [0.29, 0.717) is 0 Å². The van der Waals surface area contributed by atoms with E-state index in [4.69, 9.17) is 9.47 Å². The predicted molar refractivity (Wildman–Crippen MR) is 201 cm³/mol. The van der Waals surface area contributed by atoms with Crippen LogP contribution in [0.1, 0.15) is 22.3 Å². The number of carbonyl (C=O) groups is 3. The van der Waals surface area contributed by atoms with Crippen molar-refractivity contribution in [3.8, 4) is 11.1 Å². The van der Waals surface area contributed by atoms with Gasteiger partial charge in [0.05, 0.1) is 6.54 Å². The molecule has 8 heteroatoms. The SMILES string of the molecule is O=C(OCc1ccccc1)C(O)CN(Cc1ccccc1)C(=O)N[C@@H](Cc1ccc(-c2cccc3ccccc23)cc1)C(=O)OCc1ccccc1. The highest BCUT2D eigenvalue weighted by Crippen LogP contribution is 2.29. The van der Waals surface area contributed by atoms with Gasteiger partial charge in [0, 0.05) is 13.0 Å². The number of esters is 2. The van der Waals surface area contributed by atoms with Crippen molar-refractivity contribution in [1.82, 2.24) is 10.2 Å². The summed E-state index contributed by atoms with van der Waals surface area (Å²) >= 11 is 0. The lowest BCUT2D eigenvalue weighted by molar-refractivity contribution is -0.155. The molecule has 0 saturated carbocycles. The van der Waals surface area contributed by atoms with Gasteiger partial charge < -0.3 is 24.8 Å². The maximum Gasteiger partial charge on any atom is 0.337 e. The fourth-order valence-electron chi connectivity index (χ4n) is 5.93. The number of amides is 2. The summed E-state index contributed by atoms with van der Waals surface area (Å²) in [5.41, 5.74) is 5.27. The topological polar surface area (TPSA) is 105 Å². The third-order valence-corrected chi connectivity index (χ3v) is 8.69. The van der Waals surface area contributed by atoms with Crippen molar-refractivity contribution in [2.75, 3.05) is 6.54 Å². The quantitative estimate of drug-likeness (QED) is 0.115. The Bertz CT molecular complexity index is 2070. The summed E-state index contributed by atoms with van der Waals surface area (Å²) in [6, 6.07) is 48.2. The van der Waals surface area contributed by atoms with Gasteiger partial charge in [-0.3, -0.25) is 0 Å². The summed E-state index contributed by atoms with van der Waals surface area (Å²) < 4.78 is 11.0. The molecule has 0 heterocycles. The van der Waals surface area contributed by atoms with Crippen LogP contribution in [0.5, 0.6) is 0 Å². The van der Waals surface area contributed by atoms with E-state index in [1.54, 1.807) is 0 Å².